The van der Waals surface area contributed by atoms with Crippen molar-refractivity contribution in [2.45, 2.75) is 12.6 Å². The van der Waals surface area contributed by atoms with Gasteiger partial charge in [0.15, 0.2) is 0 Å². The molecule has 2 aromatic carbocycles. The lowest BCUT2D eigenvalue weighted by Gasteiger charge is -2.11. The number of amides is 1. The number of fused-ring (bicyclic) bond motifs is 1. The number of hydrogen-bond acceptors (Lipinski definition) is 3. The van der Waals surface area contributed by atoms with Crippen molar-refractivity contribution in [3.8, 4) is 5.75 Å². The first-order valence-electron chi connectivity index (χ1n) is 7.08. The van der Waals surface area contributed by atoms with Gasteiger partial charge in [0.05, 0.1) is 12.6 Å². The second-order valence-electron chi connectivity index (χ2n) is 5.04. The van der Waals surface area contributed by atoms with Gasteiger partial charge in [-0.15, -0.1) is 0 Å². The van der Waals surface area contributed by atoms with Gasteiger partial charge in [-0.25, -0.2) is 0 Å². The van der Waals surface area contributed by atoms with E-state index in [-0.39, 0.29) is 18.5 Å². The van der Waals surface area contributed by atoms with Crippen molar-refractivity contribution in [2.24, 2.45) is 0 Å². The van der Waals surface area contributed by atoms with E-state index in [9.17, 15) is 4.79 Å². The van der Waals surface area contributed by atoms with Gasteiger partial charge >= 0.3 is 0 Å². The Balaban J connectivity index is 1.47. The number of rotatable bonds is 5. The Bertz CT molecular complexity index is 613. The van der Waals surface area contributed by atoms with Crippen molar-refractivity contribution in [1.82, 2.24) is 10.6 Å². The minimum atomic E-state index is -0.0109. The summed E-state index contributed by atoms with van der Waals surface area (Å²) >= 11 is 0. The molecule has 2 aromatic rings. The Kier molecular flexibility index (Phi) is 4.17. The maximum Gasteiger partial charge on any atom is 0.234 e. The van der Waals surface area contributed by atoms with Gasteiger partial charge in [-0.05, 0) is 11.6 Å². The number of nitrogens with one attached hydrogen (secondary N) is 2. The molecular weight excluding hydrogens is 264 g/mol. The van der Waals surface area contributed by atoms with Gasteiger partial charge in [0.25, 0.3) is 0 Å². The highest BCUT2D eigenvalue weighted by molar-refractivity contribution is 5.78. The Morgan fingerprint density at radius 1 is 1.10 bits per heavy atom. The fourth-order valence-electron chi connectivity index (χ4n) is 2.41. The summed E-state index contributed by atoms with van der Waals surface area (Å²) < 4.78 is 5.58. The standard InChI is InChI=1S/C17H18N2O2/c20-17(19-10-13-6-2-1-3-7-13)11-18-15-12-21-16-9-5-4-8-14(15)16/h1-9,15,18H,10-12H2,(H,19,20). The van der Waals surface area contributed by atoms with Crippen molar-refractivity contribution in [2.75, 3.05) is 13.2 Å². The second-order valence-corrected chi connectivity index (χ2v) is 5.04. The zero-order valence-electron chi connectivity index (χ0n) is 11.7. The van der Waals surface area contributed by atoms with Crippen LogP contribution in [0.4, 0.5) is 0 Å². The van der Waals surface area contributed by atoms with Gasteiger partial charge in [0.2, 0.25) is 5.91 Å². The Labute approximate surface area is 124 Å². The largest absolute Gasteiger partial charge is 0.491 e. The van der Waals surface area contributed by atoms with Crippen molar-refractivity contribution in [3.05, 3.63) is 65.7 Å². The lowest BCUT2D eigenvalue weighted by atomic mass is 10.1. The molecule has 2 N–H and O–H groups in total. The first kappa shape index (κ1) is 13.6. The quantitative estimate of drug-likeness (QED) is 0.882. The van der Waals surface area contributed by atoms with Crippen LogP contribution in [0.5, 0.6) is 5.75 Å². The molecule has 1 aliphatic heterocycles. The van der Waals surface area contributed by atoms with E-state index < -0.39 is 0 Å². The van der Waals surface area contributed by atoms with E-state index in [2.05, 4.69) is 10.6 Å². The van der Waals surface area contributed by atoms with Crippen LogP contribution in [-0.4, -0.2) is 19.1 Å². The molecule has 1 heterocycles. The zero-order chi connectivity index (χ0) is 14.5. The van der Waals surface area contributed by atoms with E-state index in [1.807, 2.05) is 54.6 Å². The minimum absolute atomic E-state index is 0.0109. The number of carbonyl (C=O) groups is 1. The average molecular weight is 282 g/mol. The molecule has 0 fully saturated rings. The van der Waals surface area contributed by atoms with Crippen molar-refractivity contribution in [1.29, 1.82) is 0 Å². The molecule has 1 atom stereocenters. The van der Waals surface area contributed by atoms with E-state index in [4.69, 9.17) is 4.74 Å². The van der Waals surface area contributed by atoms with Crippen LogP contribution >= 0.6 is 0 Å². The van der Waals surface area contributed by atoms with Crippen molar-refractivity contribution < 1.29 is 9.53 Å². The van der Waals surface area contributed by atoms with Crippen LogP contribution in [0.1, 0.15) is 17.2 Å². The van der Waals surface area contributed by atoms with Crippen LogP contribution in [0, 0.1) is 0 Å². The zero-order valence-corrected chi connectivity index (χ0v) is 11.7. The predicted octanol–water partition coefficient (Wildman–Crippen LogP) is 2.03. The molecule has 3 rings (SSSR count). The molecule has 0 saturated heterocycles. The molecular formula is C17H18N2O2. The van der Waals surface area contributed by atoms with Gasteiger partial charge in [0, 0.05) is 12.1 Å². The molecule has 0 spiro atoms. The van der Waals surface area contributed by atoms with Crippen LogP contribution in [0.3, 0.4) is 0 Å². The molecule has 0 saturated carbocycles. The molecule has 21 heavy (non-hydrogen) atoms. The normalized spacial score (nSPS) is 16.1. The van der Waals surface area contributed by atoms with Gasteiger partial charge in [-0.1, -0.05) is 48.5 Å². The highest BCUT2D eigenvalue weighted by Crippen LogP contribution is 2.31. The topological polar surface area (TPSA) is 50.4 Å². The Morgan fingerprint density at radius 3 is 2.71 bits per heavy atom. The predicted molar refractivity (Wildman–Crippen MR) is 81.0 cm³/mol. The molecule has 4 nitrogen and oxygen atoms in total. The van der Waals surface area contributed by atoms with Crippen LogP contribution in [0.25, 0.3) is 0 Å². The summed E-state index contributed by atoms with van der Waals surface area (Å²) in [5, 5.41) is 6.14. The molecule has 1 aliphatic rings. The summed E-state index contributed by atoms with van der Waals surface area (Å²) in [7, 11) is 0. The van der Waals surface area contributed by atoms with Crippen LogP contribution in [-0.2, 0) is 11.3 Å². The SMILES string of the molecule is O=C(CNC1COc2ccccc21)NCc1ccccc1. The number of hydrogen-bond donors (Lipinski definition) is 2. The maximum absolute atomic E-state index is 11.9. The summed E-state index contributed by atoms with van der Waals surface area (Å²) in [6, 6.07) is 17.9. The fraction of sp³-hybridized carbons (Fsp3) is 0.235. The highest BCUT2D eigenvalue weighted by Gasteiger charge is 2.23. The third-order valence-electron chi connectivity index (χ3n) is 3.54. The maximum atomic E-state index is 11.9. The molecule has 0 aliphatic carbocycles. The summed E-state index contributed by atoms with van der Waals surface area (Å²) in [5.41, 5.74) is 2.22. The smallest absolute Gasteiger partial charge is 0.234 e. The minimum Gasteiger partial charge on any atom is -0.491 e. The first-order valence-corrected chi connectivity index (χ1v) is 7.08. The van der Waals surface area contributed by atoms with E-state index >= 15 is 0 Å². The van der Waals surface area contributed by atoms with E-state index in [1.165, 1.54) is 0 Å². The fourth-order valence-corrected chi connectivity index (χ4v) is 2.41. The van der Waals surface area contributed by atoms with Crippen molar-refractivity contribution >= 4 is 5.91 Å². The van der Waals surface area contributed by atoms with E-state index in [1.54, 1.807) is 0 Å². The summed E-state index contributed by atoms with van der Waals surface area (Å²) in [4.78, 5) is 11.9. The van der Waals surface area contributed by atoms with Gasteiger partial charge < -0.3 is 10.1 Å². The van der Waals surface area contributed by atoms with Crippen LogP contribution in [0.2, 0.25) is 0 Å². The molecule has 1 unspecified atom stereocenters. The third kappa shape index (κ3) is 3.41. The first-order chi connectivity index (χ1) is 10.3. The number of carbonyl (C=O) groups excluding carboxylic acids is 1. The third-order valence-corrected chi connectivity index (χ3v) is 3.54. The molecule has 1 amide bonds. The summed E-state index contributed by atoms with van der Waals surface area (Å²) in [5.74, 6) is 0.892. The van der Waals surface area contributed by atoms with E-state index in [0.717, 1.165) is 16.9 Å². The van der Waals surface area contributed by atoms with Crippen molar-refractivity contribution in [3.63, 3.8) is 0 Å². The monoisotopic (exact) mass is 282 g/mol. The van der Waals surface area contributed by atoms with Gasteiger partial charge in [-0.3, -0.25) is 10.1 Å². The van der Waals surface area contributed by atoms with Crippen LogP contribution in [0.15, 0.2) is 54.6 Å². The second kappa shape index (κ2) is 6.41. The lowest BCUT2D eigenvalue weighted by molar-refractivity contribution is -0.120. The molecule has 108 valence electrons. The molecule has 0 bridgehead atoms. The number of ether oxygens (including phenoxy) is 1. The van der Waals surface area contributed by atoms with Crippen LogP contribution < -0.4 is 15.4 Å². The Hall–Kier alpha value is -2.33. The molecule has 4 heteroatoms. The summed E-state index contributed by atoms with van der Waals surface area (Å²) in [6.07, 6.45) is 0. The van der Waals surface area contributed by atoms with Gasteiger partial charge in [0.1, 0.15) is 12.4 Å². The number of benzene rings is 2. The lowest BCUT2D eigenvalue weighted by Crippen LogP contribution is -2.35. The van der Waals surface area contributed by atoms with E-state index in [0.29, 0.717) is 13.2 Å². The highest BCUT2D eigenvalue weighted by atomic mass is 16.5. The molecule has 0 radical (unpaired) electrons. The molecule has 0 aromatic heterocycles. The summed E-state index contributed by atoms with van der Waals surface area (Å²) in [6.45, 7) is 1.42. The average Bonchev–Trinajstić information content (AvgIpc) is 2.95. The number of para-hydroxylation sites is 1. The van der Waals surface area contributed by atoms with Gasteiger partial charge in [-0.2, -0.15) is 0 Å². The Morgan fingerprint density at radius 2 is 1.86 bits per heavy atom.